The standard InChI is InChI=1S/C19H17N3O3.C2H6/c1-25-18-9-15-14(8-17(18)24)19(21-10-20-15)22-12-5-6-13-11(7-12)3-2-4-16(13)23;1-2/h5-10,24H,2-4H2,1H3,(H,20,21,22);1-2H3. The molecule has 1 aliphatic carbocycles. The Morgan fingerprint density at radius 1 is 1.11 bits per heavy atom. The third-order valence-corrected chi connectivity index (χ3v) is 4.45. The normalized spacial score (nSPS) is 12.8. The molecule has 0 radical (unpaired) electrons. The Morgan fingerprint density at radius 3 is 2.70 bits per heavy atom. The van der Waals surface area contributed by atoms with Crippen LogP contribution in [0.5, 0.6) is 11.5 Å². The van der Waals surface area contributed by atoms with Gasteiger partial charge in [0.2, 0.25) is 0 Å². The molecule has 140 valence electrons. The zero-order valence-electron chi connectivity index (χ0n) is 15.7. The monoisotopic (exact) mass is 365 g/mol. The van der Waals surface area contributed by atoms with Crippen LogP contribution in [-0.2, 0) is 6.42 Å². The Morgan fingerprint density at radius 2 is 1.93 bits per heavy atom. The molecule has 6 nitrogen and oxygen atoms in total. The van der Waals surface area contributed by atoms with Crippen LogP contribution in [0.4, 0.5) is 11.5 Å². The van der Waals surface area contributed by atoms with Gasteiger partial charge in [0, 0.05) is 29.1 Å². The van der Waals surface area contributed by atoms with Crippen molar-refractivity contribution in [1.82, 2.24) is 9.97 Å². The molecule has 2 aromatic carbocycles. The van der Waals surface area contributed by atoms with E-state index >= 15 is 0 Å². The highest BCUT2D eigenvalue weighted by Gasteiger charge is 2.17. The van der Waals surface area contributed by atoms with Crippen molar-refractivity contribution in [2.75, 3.05) is 12.4 Å². The van der Waals surface area contributed by atoms with Crippen LogP contribution in [0, 0.1) is 0 Å². The van der Waals surface area contributed by atoms with E-state index in [1.165, 1.54) is 13.4 Å². The molecule has 6 heteroatoms. The summed E-state index contributed by atoms with van der Waals surface area (Å²) in [4.78, 5) is 20.5. The molecule has 0 unspecified atom stereocenters. The Balaban J connectivity index is 0.00000102. The number of phenolic OH excluding ortho intramolecular Hbond substituents is 1. The molecule has 0 spiro atoms. The van der Waals surface area contributed by atoms with Crippen LogP contribution in [0.1, 0.15) is 42.6 Å². The van der Waals surface area contributed by atoms with Gasteiger partial charge in [0.15, 0.2) is 17.3 Å². The Bertz CT molecular complexity index is 986. The molecule has 0 amide bonds. The number of anilines is 2. The van der Waals surface area contributed by atoms with Gasteiger partial charge in [-0.05, 0) is 42.7 Å². The molecule has 0 fully saturated rings. The van der Waals surface area contributed by atoms with Crippen molar-refractivity contribution in [1.29, 1.82) is 0 Å². The molecule has 0 saturated carbocycles. The number of nitrogens with zero attached hydrogens (tertiary/aromatic N) is 2. The van der Waals surface area contributed by atoms with Crippen LogP contribution in [-0.4, -0.2) is 28.0 Å². The lowest BCUT2D eigenvalue weighted by molar-refractivity contribution is 0.0972. The highest BCUT2D eigenvalue weighted by molar-refractivity contribution is 5.99. The molecule has 0 bridgehead atoms. The second-order valence-corrected chi connectivity index (χ2v) is 6.04. The summed E-state index contributed by atoms with van der Waals surface area (Å²) in [6.07, 6.45) is 3.87. The highest BCUT2D eigenvalue weighted by Crippen LogP contribution is 2.34. The number of nitrogens with one attached hydrogen (secondary N) is 1. The SMILES string of the molecule is CC.COc1cc2ncnc(Nc3ccc4c(c3)CCCC4=O)c2cc1O. The number of Topliss-reactive ketones (excluding diaryl/α,β-unsaturated/α-hetero) is 1. The summed E-state index contributed by atoms with van der Waals surface area (Å²) >= 11 is 0. The Kier molecular flexibility index (Phi) is 5.54. The van der Waals surface area contributed by atoms with Gasteiger partial charge in [0.25, 0.3) is 0 Å². The van der Waals surface area contributed by atoms with E-state index in [-0.39, 0.29) is 11.5 Å². The second-order valence-electron chi connectivity index (χ2n) is 6.04. The Labute approximate surface area is 158 Å². The first-order valence-corrected chi connectivity index (χ1v) is 9.10. The van der Waals surface area contributed by atoms with Crippen LogP contribution in [0.15, 0.2) is 36.7 Å². The number of aryl methyl sites for hydroxylation is 1. The summed E-state index contributed by atoms with van der Waals surface area (Å²) in [6, 6.07) is 8.98. The van der Waals surface area contributed by atoms with Gasteiger partial charge < -0.3 is 15.2 Å². The maximum absolute atomic E-state index is 11.9. The molecule has 0 saturated heterocycles. The van der Waals surface area contributed by atoms with Gasteiger partial charge in [0.05, 0.1) is 12.6 Å². The minimum absolute atomic E-state index is 0.0314. The van der Waals surface area contributed by atoms with Crippen molar-refractivity contribution in [3.8, 4) is 11.5 Å². The van der Waals surface area contributed by atoms with Crippen LogP contribution in [0.3, 0.4) is 0 Å². The van der Waals surface area contributed by atoms with Crippen molar-refractivity contribution in [2.24, 2.45) is 0 Å². The number of benzene rings is 2. The molecule has 1 aliphatic rings. The Hall–Kier alpha value is -3.15. The summed E-state index contributed by atoms with van der Waals surface area (Å²) in [5, 5.41) is 14.0. The number of carbonyl (C=O) groups is 1. The molecular formula is C21H23N3O3. The number of carbonyl (C=O) groups excluding carboxylic acids is 1. The topological polar surface area (TPSA) is 84.3 Å². The highest BCUT2D eigenvalue weighted by atomic mass is 16.5. The van der Waals surface area contributed by atoms with Gasteiger partial charge in [-0.15, -0.1) is 0 Å². The third-order valence-electron chi connectivity index (χ3n) is 4.45. The molecule has 1 heterocycles. The lowest BCUT2D eigenvalue weighted by Crippen LogP contribution is -2.10. The third kappa shape index (κ3) is 3.69. The van der Waals surface area contributed by atoms with Gasteiger partial charge in [-0.1, -0.05) is 13.8 Å². The van der Waals surface area contributed by atoms with Gasteiger partial charge in [-0.2, -0.15) is 0 Å². The number of aromatic nitrogens is 2. The number of hydrogen-bond acceptors (Lipinski definition) is 6. The number of phenols is 1. The van der Waals surface area contributed by atoms with E-state index in [0.717, 1.165) is 29.7 Å². The number of fused-ring (bicyclic) bond motifs is 2. The maximum atomic E-state index is 11.9. The van der Waals surface area contributed by atoms with E-state index in [0.29, 0.717) is 28.9 Å². The van der Waals surface area contributed by atoms with Crippen LogP contribution >= 0.6 is 0 Å². The largest absolute Gasteiger partial charge is 0.504 e. The maximum Gasteiger partial charge on any atom is 0.163 e. The fourth-order valence-electron chi connectivity index (χ4n) is 3.20. The molecule has 1 aromatic heterocycles. The van der Waals surface area contributed by atoms with E-state index in [1.54, 1.807) is 12.1 Å². The van der Waals surface area contributed by atoms with Crippen molar-refractivity contribution < 1.29 is 14.6 Å². The van der Waals surface area contributed by atoms with E-state index in [4.69, 9.17) is 4.74 Å². The fraction of sp³-hybridized carbons (Fsp3) is 0.286. The summed E-state index contributed by atoms with van der Waals surface area (Å²) in [6.45, 7) is 4.00. The molecule has 2 N–H and O–H groups in total. The van der Waals surface area contributed by atoms with Gasteiger partial charge >= 0.3 is 0 Å². The van der Waals surface area contributed by atoms with Crippen molar-refractivity contribution in [3.63, 3.8) is 0 Å². The molecule has 3 aromatic rings. The summed E-state index contributed by atoms with van der Waals surface area (Å²) in [7, 11) is 1.50. The van der Waals surface area contributed by atoms with E-state index in [2.05, 4.69) is 15.3 Å². The van der Waals surface area contributed by atoms with Crippen LogP contribution < -0.4 is 10.1 Å². The zero-order chi connectivity index (χ0) is 19.4. The average molecular weight is 365 g/mol. The molecule has 0 aliphatic heterocycles. The minimum atomic E-state index is 0.0314. The fourth-order valence-corrected chi connectivity index (χ4v) is 3.20. The minimum Gasteiger partial charge on any atom is -0.504 e. The zero-order valence-corrected chi connectivity index (χ0v) is 15.7. The number of methoxy groups -OCH3 is 1. The quantitative estimate of drug-likeness (QED) is 0.704. The van der Waals surface area contributed by atoms with E-state index in [9.17, 15) is 9.90 Å². The second kappa shape index (κ2) is 8.03. The van der Waals surface area contributed by atoms with Crippen molar-refractivity contribution in [2.45, 2.75) is 33.1 Å². The average Bonchev–Trinajstić information content (AvgIpc) is 2.70. The lowest BCUT2D eigenvalue weighted by atomic mass is 9.90. The lowest BCUT2D eigenvalue weighted by Gasteiger charge is -2.16. The number of ether oxygens (including phenoxy) is 1. The predicted octanol–water partition coefficient (Wildman–Crippen LogP) is 4.63. The molecule has 27 heavy (non-hydrogen) atoms. The first kappa shape index (κ1) is 18.6. The number of rotatable bonds is 3. The molecule has 0 atom stereocenters. The summed E-state index contributed by atoms with van der Waals surface area (Å²) in [5.74, 6) is 1.19. The van der Waals surface area contributed by atoms with Crippen molar-refractivity contribution in [3.05, 3.63) is 47.8 Å². The van der Waals surface area contributed by atoms with Crippen molar-refractivity contribution >= 4 is 28.2 Å². The van der Waals surface area contributed by atoms with Crippen LogP contribution in [0.25, 0.3) is 10.9 Å². The van der Waals surface area contributed by atoms with Crippen LogP contribution in [0.2, 0.25) is 0 Å². The number of hydrogen-bond donors (Lipinski definition) is 2. The van der Waals surface area contributed by atoms with E-state index < -0.39 is 0 Å². The first-order valence-electron chi connectivity index (χ1n) is 9.10. The number of ketones is 1. The van der Waals surface area contributed by atoms with Gasteiger partial charge in [-0.25, -0.2) is 9.97 Å². The van der Waals surface area contributed by atoms with Gasteiger partial charge in [-0.3, -0.25) is 4.79 Å². The summed E-state index contributed by atoms with van der Waals surface area (Å²) in [5.41, 5.74) is 3.39. The van der Waals surface area contributed by atoms with E-state index in [1.807, 2.05) is 32.0 Å². The van der Waals surface area contributed by atoms with Gasteiger partial charge in [0.1, 0.15) is 12.1 Å². The summed E-state index contributed by atoms with van der Waals surface area (Å²) < 4.78 is 5.12. The first-order chi connectivity index (χ1) is 13.2. The number of aromatic hydroxyl groups is 1. The molecule has 4 rings (SSSR count). The predicted molar refractivity (Wildman–Crippen MR) is 106 cm³/mol. The smallest absolute Gasteiger partial charge is 0.163 e. The molecular weight excluding hydrogens is 342 g/mol.